The minimum atomic E-state index is -0.589. The molecule has 0 radical (unpaired) electrons. The van der Waals surface area contributed by atoms with Crippen molar-refractivity contribution in [3.8, 4) is 22.9 Å². The van der Waals surface area contributed by atoms with Gasteiger partial charge in [0.1, 0.15) is 24.0 Å². The Balaban J connectivity index is 1.67. The number of hydrogen-bond donors (Lipinski definition) is 1. The van der Waals surface area contributed by atoms with E-state index in [-0.39, 0.29) is 6.61 Å². The molecule has 4 aromatic heterocycles. The van der Waals surface area contributed by atoms with Crippen LogP contribution in [0.4, 0.5) is 11.6 Å². The molecule has 0 amide bonds. The summed E-state index contributed by atoms with van der Waals surface area (Å²) in [6.45, 7) is 9.86. The molecule has 0 saturated heterocycles. The van der Waals surface area contributed by atoms with E-state index in [0.717, 1.165) is 34.5 Å². The van der Waals surface area contributed by atoms with Crippen molar-refractivity contribution in [1.29, 1.82) is 5.26 Å². The predicted octanol–water partition coefficient (Wildman–Crippen LogP) is 5.04. The van der Waals surface area contributed by atoms with E-state index in [1.807, 2.05) is 62.7 Å². The third kappa shape index (κ3) is 5.09. The second-order valence-corrected chi connectivity index (χ2v) is 8.69. The Morgan fingerprint density at radius 3 is 2.67 bits per heavy atom. The van der Waals surface area contributed by atoms with Gasteiger partial charge in [0, 0.05) is 35.3 Å². The van der Waals surface area contributed by atoms with E-state index in [2.05, 4.69) is 44.4 Å². The first kappa shape index (κ1) is 22.2. The zero-order valence-corrected chi connectivity index (χ0v) is 19.5. The third-order valence-corrected chi connectivity index (χ3v) is 5.17. The highest BCUT2D eigenvalue weighted by Crippen LogP contribution is 2.32. The molecule has 8 nitrogen and oxygen atoms in total. The molecule has 0 aliphatic heterocycles. The maximum Gasteiger partial charge on any atom is 0.154 e. The fourth-order valence-corrected chi connectivity index (χ4v) is 3.45. The minimum absolute atomic E-state index is 0.282. The van der Waals surface area contributed by atoms with Crippen LogP contribution in [0.5, 0.6) is 5.75 Å². The minimum Gasteiger partial charge on any atom is -0.490 e. The van der Waals surface area contributed by atoms with Gasteiger partial charge < -0.3 is 10.1 Å². The van der Waals surface area contributed by atoms with Crippen LogP contribution in [-0.4, -0.2) is 31.2 Å². The summed E-state index contributed by atoms with van der Waals surface area (Å²) < 4.78 is 7.84. The topological polar surface area (TPSA) is 101 Å². The summed E-state index contributed by atoms with van der Waals surface area (Å²) in [5.41, 5.74) is 4.14. The molecule has 0 bridgehead atoms. The lowest BCUT2D eigenvalue weighted by molar-refractivity contribution is 0.227. The van der Waals surface area contributed by atoms with Crippen molar-refractivity contribution >= 4 is 17.2 Å². The molecule has 168 valence electrons. The molecule has 0 unspecified atom stereocenters. The lowest BCUT2D eigenvalue weighted by atomic mass is 9.97. The predicted molar refractivity (Wildman–Crippen MR) is 127 cm³/mol. The van der Waals surface area contributed by atoms with Gasteiger partial charge in [-0.1, -0.05) is 6.92 Å². The summed E-state index contributed by atoms with van der Waals surface area (Å²) >= 11 is 0. The molecular formula is C25H27N7O. The smallest absolute Gasteiger partial charge is 0.154 e. The zero-order chi connectivity index (χ0) is 23.6. The van der Waals surface area contributed by atoms with Gasteiger partial charge in [0.05, 0.1) is 23.2 Å². The number of nitriles is 1. The van der Waals surface area contributed by atoms with E-state index >= 15 is 0 Å². The molecule has 8 heteroatoms. The lowest BCUT2D eigenvalue weighted by Gasteiger charge is -2.18. The number of nitrogens with zero attached hydrogens (tertiary/aromatic N) is 6. The number of rotatable bonds is 7. The molecule has 4 rings (SSSR count). The third-order valence-electron chi connectivity index (χ3n) is 5.17. The molecule has 0 aliphatic carbocycles. The van der Waals surface area contributed by atoms with Gasteiger partial charge in [0.2, 0.25) is 0 Å². The Hall–Kier alpha value is -3.99. The second-order valence-electron chi connectivity index (χ2n) is 8.69. The average Bonchev–Trinajstić information content (AvgIpc) is 3.18. The summed E-state index contributed by atoms with van der Waals surface area (Å²) in [6, 6.07) is 12.2. The lowest BCUT2D eigenvalue weighted by Crippen LogP contribution is -2.19. The van der Waals surface area contributed by atoms with Crippen molar-refractivity contribution in [1.82, 2.24) is 24.6 Å². The number of pyridine rings is 2. The number of nitrogens with one attached hydrogen (secondary N) is 1. The highest BCUT2D eigenvalue weighted by molar-refractivity contribution is 5.75. The molecule has 0 aliphatic rings. The molecular weight excluding hydrogens is 414 g/mol. The first-order valence-electron chi connectivity index (χ1n) is 10.9. The van der Waals surface area contributed by atoms with Crippen molar-refractivity contribution < 1.29 is 4.74 Å². The van der Waals surface area contributed by atoms with Crippen LogP contribution in [0, 0.1) is 30.6 Å². The Bertz CT molecular complexity index is 1330. The van der Waals surface area contributed by atoms with Crippen molar-refractivity contribution in [3.05, 3.63) is 59.9 Å². The normalized spacial score (nSPS) is 11.4. The van der Waals surface area contributed by atoms with Gasteiger partial charge in [-0.05, 0) is 57.9 Å². The molecule has 0 saturated carbocycles. The fourth-order valence-electron chi connectivity index (χ4n) is 3.45. The number of aryl methyl sites for hydroxylation is 3. The number of anilines is 2. The molecule has 0 fully saturated rings. The van der Waals surface area contributed by atoms with Crippen LogP contribution in [0.1, 0.15) is 38.0 Å². The molecule has 0 aromatic carbocycles. The second kappa shape index (κ2) is 8.87. The van der Waals surface area contributed by atoms with Crippen molar-refractivity contribution in [2.24, 2.45) is 5.41 Å². The first-order chi connectivity index (χ1) is 15.8. The number of aromatic nitrogens is 5. The fraction of sp³-hybridized carbons (Fsp3) is 0.320. The van der Waals surface area contributed by atoms with Crippen LogP contribution >= 0.6 is 0 Å². The van der Waals surface area contributed by atoms with E-state index < -0.39 is 5.41 Å². The zero-order valence-electron chi connectivity index (χ0n) is 19.5. The summed E-state index contributed by atoms with van der Waals surface area (Å²) in [5.74, 6) is 2.77. The Morgan fingerprint density at radius 2 is 1.94 bits per heavy atom. The molecule has 1 N–H and O–H groups in total. The maximum atomic E-state index is 9.33. The van der Waals surface area contributed by atoms with Crippen LogP contribution < -0.4 is 10.1 Å². The van der Waals surface area contributed by atoms with Gasteiger partial charge in [0.15, 0.2) is 5.82 Å². The van der Waals surface area contributed by atoms with Crippen LogP contribution in [0.25, 0.3) is 16.6 Å². The quantitative estimate of drug-likeness (QED) is 0.429. The van der Waals surface area contributed by atoms with Gasteiger partial charge in [-0.3, -0.25) is 4.98 Å². The van der Waals surface area contributed by atoms with Crippen LogP contribution in [0.3, 0.4) is 0 Å². The molecule has 4 aromatic rings. The molecule has 33 heavy (non-hydrogen) atoms. The summed E-state index contributed by atoms with van der Waals surface area (Å²) in [4.78, 5) is 13.2. The Kier molecular flexibility index (Phi) is 5.97. The van der Waals surface area contributed by atoms with Crippen molar-refractivity contribution in [2.45, 2.75) is 41.0 Å². The van der Waals surface area contributed by atoms with E-state index in [0.29, 0.717) is 23.2 Å². The average molecular weight is 442 g/mol. The monoisotopic (exact) mass is 441 g/mol. The number of fused-ring (bicyclic) bond motifs is 1. The van der Waals surface area contributed by atoms with E-state index in [1.54, 1.807) is 6.20 Å². The highest BCUT2D eigenvalue weighted by Gasteiger charge is 2.19. The summed E-state index contributed by atoms with van der Waals surface area (Å²) in [7, 11) is 0. The molecule has 0 spiro atoms. The Morgan fingerprint density at radius 1 is 1.12 bits per heavy atom. The van der Waals surface area contributed by atoms with Crippen LogP contribution in [-0.2, 0) is 6.42 Å². The standard InChI is InChI=1S/C25H27N7O/c1-6-19-11-21(22(13-27-19)33-15-25(4,5)14-26)18-7-8-32-20(10-18)12-24(31-32)30-23-9-16(2)28-17(3)29-23/h7-13H,6,15H2,1-5H3,(H,28,29,30,31). The molecule has 0 atom stereocenters. The van der Waals surface area contributed by atoms with Gasteiger partial charge in [-0.15, -0.1) is 0 Å². The maximum absolute atomic E-state index is 9.33. The number of hydrogen-bond acceptors (Lipinski definition) is 7. The molecule has 4 heterocycles. The largest absolute Gasteiger partial charge is 0.490 e. The summed E-state index contributed by atoms with van der Waals surface area (Å²) in [6.07, 6.45) is 4.48. The van der Waals surface area contributed by atoms with Gasteiger partial charge in [0.25, 0.3) is 0 Å². The SMILES string of the molecule is CCc1cc(-c2ccn3nc(Nc4cc(C)nc(C)n4)cc3c2)c(OCC(C)(C)C#N)cn1. The summed E-state index contributed by atoms with van der Waals surface area (Å²) in [5, 5.41) is 17.2. The van der Waals surface area contributed by atoms with Gasteiger partial charge in [-0.2, -0.15) is 10.4 Å². The van der Waals surface area contributed by atoms with Crippen LogP contribution in [0.15, 0.2) is 42.7 Å². The van der Waals surface area contributed by atoms with Gasteiger partial charge >= 0.3 is 0 Å². The number of ether oxygens (including phenoxy) is 1. The van der Waals surface area contributed by atoms with Gasteiger partial charge in [-0.25, -0.2) is 14.5 Å². The van der Waals surface area contributed by atoms with E-state index in [9.17, 15) is 5.26 Å². The Labute approximate surface area is 193 Å². The van der Waals surface area contributed by atoms with Crippen molar-refractivity contribution in [2.75, 3.05) is 11.9 Å². The van der Waals surface area contributed by atoms with Crippen molar-refractivity contribution in [3.63, 3.8) is 0 Å². The first-order valence-corrected chi connectivity index (χ1v) is 10.9. The van der Waals surface area contributed by atoms with Crippen LogP contribution in [0.2, 0.25) is 0 Å². The highest BCUT2D eigenvalue weighted by atomic mass is 16.5. The van der Waals surface area contributed by atoms with E-state index in [1.165, 1.54) is 0 Å². The van der Waals surface area contributed by atoms with E-state index in [4.69, 9.17) is 4.74 Å².